The molecule has 1 aliphatic heterocycles. The molecule has 1 heterocycles. The molecule has 9 heavy (non-hydrogen) atoms. The van der Waals surface area contributed by atoms with Crippen molar-refractivity contribution in [2.24, 2.45) is 0 Å². The Labute approximate surface area is 55.2 Å². The summed E-state index contributed by atoms with van der Waals surface area (Å²) in [6.45, 7) is 1.80. The summed E-state index contributed by atoms with van der Waals surface area (Å²) in [6.07, 6.45) is 0. The molecule has 3 nitrogen and oxygen atoms in total. The van der Waals surface area contributed by atoms with E-state index in [0.717, 1.165) is 0 Å². The molecule has 2 radical (unpaired) electrons. The Morgan fingerprint density at radius 2 is 2.56 bits per heavy atom. The van der Waals surface area contributed by atoms with Crippen molar-refractivity contribution in [2.45, 2.75) is 6.04 Å². The van der Waals surface area contributed by atoms with Crippen LogP contribution in [-0.2, 0) is 9.53 Å². The summed E-state index contributed by atoms with van der Waals surface area (Å²) in [4.78, 5) is 10.4. The van der Waals surface area contributed by atoms with Gasteiger partial charge in [-0.1, -0.05) is 0 Å². The van der Waals surface area contributed by atoms with Crippen LogP contribution < -0.4 is 5.32 Å². The molecule has 1 unspecified atom stereocenters. The van der Waals surface area contributed by atoms with Gasteiger partial charge >= 0.3 is 0 Å². The normalized spacial score (nSPS) is 27.8. The van der Waals surface area contributed by atoms with Crippen LogP contribution in [0.4, 0.5) is 0 Å². The first-order valence-corrected chi connectivity index (χ1v) is 2.91. The Balaban J connectivity index is 2.31. The van der Waals surface area contributed by atoms with E-state index in [1.54, 1.807) is 0 Å². The summed E-state index contributed by atoms with van der Waals surface area (Å²) in [5.41, 5.74) is -0.338. The predicted octanol–water partition coefficient (Wildman–Crippen LogP) is -1.33. The van der Waals surface area contributed by atoms with Crippen LogP contribution in [0.1, 0.15) is 0 Å². The van der Waals surface area contributed by atoms with Crippen molar-refractivity contribution in [2.75, 3.05) is 19.8 Å². The monoisotopic (exact) mass is 125 g/mol. The Bertz CT molecular complexity index is 112. The van der Waals surface area contributed by atoms with E-state index in [1.807, 2.05) is 0 Å². The molecule has 0 bridgehead atoms. The second-order valence-corrected chi connectivity index (χ2v) is 1.98. The molecule has 1 N–H and O–H groups in total. The largest absolute Gasteiger partial charge is 0.378 e. The van der Waals surface area contributed by atoms with Gasteiger partial charge < -0.3 is 14.8 Å². The number of carbonyl (C=O) groups excluding carboxylic acids is 1. The van der Waals surface area contributed by atoms with Crippen molar-refractivity contribution in [3.05, 3.63) is 0 Å². The van der Waals surface area contributed by atoms with Crippen LogP contribution in [0, 0.1) is 0 Å². The summed E-state index contributed by atoms with van der Waals surface area (Å²) in [6, 6.07) is -0.279. The first-order valence-electron chi connectivity index (χ1n) is 2.91. The summed E-state index contributed by atoms with van der Waals surface area (Å²) < 4.78 is 4.98. The SMILES string of the molecule is [B]C(=O)C1COCCN1. The lowest BCUT2D eigenvalue weighted by atomic mass is 9.95. The van der Waals surface area contributed by atoms with Gasteiger partial charge in [-0.15, -0.1) is 0 Å². The van der Waals surface area contributed by atoms with E-state index in [2.05, 4.69) is 5.32 Å². The summed E-state index contributed by atoms with van der Waals surface area (Å²) in [7, 11) is 4.99. The third kappa shape index (κ3) is 1.80. The van der Waals surface area contributed by atoms with E-state index in [4.69, 9.17) is 12.6 Å². The van der Waals surface area contributed by atoms with Crippen molar-refractivity contribution in [3.8, 4) is 0 Å². The van der Waals surface area contributed by atoms with E-state index >= 15 is 0 Å². The smallest absolute Gasteiger partial charge is 0.170 e. The van der Waals surface area contributed by atoms with Gasteiger partial charge in [-0.3, -0.25) is 0 Å². The van der Waals surface area contributed by atoms with E-state index in [0.29, 0.717) is 19.8 Å². The van der Waals surface area contributed by atoms with Gasteiger partial charge in [0.15, 0.2) is 7.85 Å². The Morgan fingerprint density at radius 3 is 2.89 bits per heavy atom. The van der Waals surface area contributed by atoms with Crippen LogP contribution in [0.5, 0.6) is 0 Å². The van der Waals surface area contributed by atoms with Crippen molar-refractivity contribution in [1.82, 2.24) is 5.32 Å². The van der Waals surface area contributed by atoms with Gasteiger partial charge in [0.05, 0.1) is 24.9 Å². The average Bonchev–Trinajstić information content (AvgIpc) is 1.90. The Morgan fingerprint density at radius 1 is 1.78 bits per heavy atom. The molecule has 0 aliphatic carbocycles. The van der Waals surface area contributed by atoms with Gasteiger partial charge in [-0.25, -0.2) is 0 Å². The zero-order chi connectivity index (χ0) is 6.69. The van der Waals surface area contributed by atoms with Gasteiger partial charge in [0.1, 0.15) is 0 Å². The minimum Gasteiger partial charge on any atom is -0.378 e. The first kappa shape index (κ1) is 6.77. The van der Waals surface area contributed by atoms with Crippen LogP contribution in [0.2, 0.25) is 0 Å². The highest BCUT2D eigenvalue weighted by molar-refractivity contribution is 6.59. The highest BCUT2D eigenvalue weighted by Crippen LogP contribution is 1.91. The standard InChI is InChI=1S/C5H8BNO2/c6-5(8)4-3-9-2-1-7-4/h4,7H,1-3H2. The van der Waals surface area contributed by atoms with E-state index in [1.165, 1.54) is 0 Å². The van der Waals surface area contributed by atoms with Crippen LogP contribution >= 0.6 is 0 Å². The number of rotatable bonds is 1. The number of nitrogens with one attached hydrogen (secondary N) is 1. The van der Waals surface area contributed by atoms with E-state index in [9.17, 15) is 4.79 Å². The number of hydrogen-bond donors (Lipinski definition) is 1. The molecule has 1 rings (SSSR count). The molecule has 1 aliphatic rings. The molecule has 1 fully saturated rings. The Kier molecular flexibility index (Phi) is 2.25. The number of ether oxygens (including phenoxy) is 1. The molecule has 1 saturated heterocycles. The topological polar surface area (TPSA) is 38.3 Å². The highest BCUT2D eigenvalue weighted by Gasteiger charge is 2.15. The zero-order valence-corrected chi connectivity index (χ0v) is 5.09. The number of carbonyl (C=O) groups is 1. The minimum absolute atomic E-state index is 0.279. The molecular formula is C5H8BNO2. The lowest BCUT2D eigenvalue weighted by Crippen LogP contribution is -2.46. The second kappa shape index (κ2) is 2.99. The highest BCUT2D eigenvalue weighted by atomic mass is 16.5. The molecule has 0 saturated carbocycles. The number of hydrogen-bond acceptors (Lipinski definition) is 3. The molecule has 1 atom stereocenters. The van der Waals surface area contributed by atoms with Crippen molar-refractivity contribution >= 4 is 13.5 Å². The van der Waals surface area contributed by atoms with Crippen LogP contribution in [0.25, 0.3) is 0 Å². The average molecular weight is 125 g/mol. The van der Waals surface area contributed by atoms with Crippen LogP contribution in [0.3, 0.4) is 0 Å². The van der Waals surface area contributed by atoms with Gasteiger partial charge in [0, 0.05) is 6.54 Å². The molecule has 0 spiro atoms. The predicted molar refractivity (Wildman–Crippen MR) is 33.4 cm³/mol. The summed E-state index contributed by atoms with van der Waals surface area (Å²) in [5, 5.41) is 2.92. The molecule has 0 aromatic heterocycles. The zero-order valence-electron chi connectivity index (χ0n) is 5.09. The summed E-state index contributed by atoms with van der Waals surface area (Å²) >= 11 is 0. The molecule has 48 valence electrons. The molecule has 0 amide bonds. The molecule has 4 heteroatoms. The summed E-state index contributed by atoms with van der Waals surface area (Å²) in [5.74, 6) is 0. The minimum atomic E-state index is -0.338. The third-order valence-corrected chi connectivity index (χ3v) is 1.27. The van der Waals surface area contributed by atoms with Crippen LogP contribution in [-0.4, -0.2) is 39.3 Å². The van der Waals surface area contributed by atoms with Gasteiger partial charge in [0.2, 0.25) is 0 Å². The van der Waals surface area contributed by atoms with Gasteiger partial charge in [-0.2, -0.15) is 0 Å². The fourth-order valence-corrected chi connectivity index (χ4v) is 0.748. The maximum absolute atomic E-state index is 10.4. The van der Waals surface area contributed by atoms with E-state index < -0.39 is 0 Å². The lowest BCUT2D eigenvalue weighted by Gasteiger charge is -2.21. The number of morpholine rings is 1. The van der Waals surface area contributed by atoms with Crippen LogP contribution in [0.15, 0.2) is 0 Å². The maximum atomic E-state index is 10.4. The first-order chi connectivity index (χ1) is 4.30. The fourth-order valence-electron chi connectivity index (χ4n) is 0.748. The molecule has 0 aromatic rings. The van der Waals surface area contributed by atoms with Crippen molar-refractivity contribution < 1.29 is 9.53 Å². The van der Waals surface area contributed by atoms with Gasteiger partial charge in [-0.05, 0) is 0 Å². The van der Waals surface area contributed by atoms with Crippen molar-refractivity contribution in [1.29, 1.82) is 0 Å². The second-order valence-electron chi connectivity index (χ2n) is 1.98. The van der Waals surface area contributed by atoms with Crippen molar-refractivity contribution in [3.63, 3.8) is 0 Å². The quantitative estimate of drug-likeness (QED) is 0.441. The van der Waals surface area contributed by atoms with E-state index in [-0.39, 0.29) is 11.7 Å². The third-order valence-electron chi connectivity index (χ3n) is 1.27. The lowest BCUT2D eigenvalue weighted by molar-refractivity contribution is -0.116. The maximum Gasteiger partial charge on any atom is 0.170 e. The fraction of sp³-hybridized carbons (Fsp3) is 0.800. The molecular weight excluding hydrogens is 117 g/mol. The Hall–Kier alpha value is -0.345. The molecule has 0 aromatic carbocycles. The van der Waals surface area contributed by atoms with Gasteiger partial charge in [0.25, 0.3) is 0 Å².